The molecule has 27 heavy (non-hydrogen) atoms. The molecule has 1 N–H and O–H groups in total. The highest BCUT2D eigenvalue weighted by atomic mass is 16.5. The van der Waals surface area contributed by atoms with Crippen LogP contribution in [-0.4, -0.2) is 55.4 Å². The Hall–Kier alpha value is -2.86. The fraction of sp³-hybridized carbons (Fsp3) is 0.333. The van der Waals surface area contributed by atoms with Crippen molar-refractivity contribution in [3.8, 4) is 5.75 Å². The maximum Gasteiger partial charge on any atom is 0.238 e. The Morgan fingerprint density at radius 1 is 1.07 bits per heavy atom. The van der Waals surface area contributed by atoms with Gasteiger partial charge in [0.05, 0.1) is 20.2 Å². The average Bonchev–Trinajstić information content (AvgIpc) is 2.68. The number of nitrogens with zero attached hydrogens (tertiary/aromatic N) is 2. The first kappa shape index (κ1) is 18.9. The molecular formula is C21H25N3O3. The van der Waals surface area contributed by atoms with Gasteiger partial charge in [-0.2, -0.15) is 0 Å². The van der Waals surface area contributed by atoms with Crippen molar-refractivity contribution >= 4 is 17.5 Å². The van der Waals surface area contributed by atoms with Crippen molar-refractivity contribution in [3.05, 3.63) is 59.7 Å². The largest absolute Gasteiger partial charge is 0.497 e. The fourth-order valence-electron chi connectivity index (χ4n) is 3.22. The summed E-state index contributed by atoms with van der Waals surface area (Å²) in [5.74, 6) is 0.627. The number of rotatable bonds is 6. The average molecular weight is 367 g/mol. The molecule has 0 saturated carbocycles. The van der Waals surface area contributed by atoms with Gasteiger partial charge < -0.3 is 15.0 Å². The highest BCUT2D eigenvalue weighted by Gasteiger charge is 2.21. The van der Waals surface area contributed by atoms with E-state index in [4.69, 9.17) is 4.74 Å². The molecule has 2 amide bonds. The molecule has 0 aliphatic carbocycles. The SMILES string of the molecule is COc1ccc(NC(=O)CN(C)CC(=O)N2CCc3ccccc3C2)cc1. The van der Waals surface area contributed by atoms with Crippen molar-refractivity contribution in [1.82, 2.24) is 9.80 Å². The summed E-state index contributed by atoms with van der Waals surface area (Å²) in [7, 11) is 3.38. The lowest BCUT2D eigenvalue weighted by Crippen LogP contribution is -2.43. The summed E-state index contributed by atoms with van der Waals surface area (Å²) in [6, 6.07) is 15.4. The Morgan fingerprint density at radius 3 is 2.48 bits per heavy atom. The number of likely N-dealkylation sites (N-methyl/N-ethyl adjacent to an activating group) is 1. The zero-order valence-corrected chi connectivity index (χ0v) is 15.8. The first-order chi connectivity index (χ1) is 13.0. The lowest BCUT2D eigenvalue weighted by Gasteiger charge is -2.30. The van der Waals surface area contributed by atoms with E-state index >= 15 is 0 Å². The minimum atomic E-state index is -0.153. The first-order valence-corrected chi connectivity index (χ1v) is 9.02. The Balaban J connectivity index is 1.47. The summed E-state index contributed by atoms with van der Waals surface area (Å²) in [6.07, 6.45) is 0.879. The summed E-state index contributed by atoms with van der Waals surface area (Å²) < 4.78 is 5.10. The van der Waals surface area contributed by atoms with E-state index in [9.17, 15) is 9.59 Å². The third-order valence-electron chi connectivity index (χ3n) is 4.68. The van der Waals surface area contributed by atoms with Crippen molar-refractivity contribution in [2.75, 3.05) is 39.1 Å². The summed E-state index contributed by atoms with van der Waals surface area (Å²) in [5, 5.41) is 2.83. The molecule has 1 heterocycles. The first-order valence-electron chi connectivity index (χ1n) is 9.02. The van der Waals surface area contributed by atoms with Gasteiger partial charge in [0.15, 0.2) is 0 Å². The molecular weight excluding hydrogens is 342 g/mol. The smallest absolute Gasteiger partial charge is 0.238 e. The van der Waals surface area contributed by atoms with E-state index in [0.29, 0.717) is 12.2 Å². The van der Waals surface area contributed by atoms with E-state index in [2.05, 4.69) is 17.4 Å². The van der Waals surface area contributed by atoms with Crippen molar-refractivity contribution in [3.63, 3.8) is 0 Å². The quantitative estimate of drug-likeness (QED) is 0.850. The number of amides is 2. The third kappa shape index (κ3) is 5.08. The van der Waals surface area contributed by atoms with Crippen LogP contribution in [0.4, 0.5) is 5.69 Å². The molecule has 0 radical (unpaired) electrons. The topological polar surface area (TPSA) is 61.9 Å². The van der Waals surface area contributed by atoms with Gasteiger partial charge in [-0.25, -0.2) is 0 Å². The highest BCUT2D eigenvalue weighted by molar-refractivity contribution is 5.92. The number of anilines is 1. The molecule has 142 valence electrons. The number of carbonyl (C=O) groups is 2. The molecule has 0 aromatic heterocycles. The van der Waals surface area contributed by atoms with Gasteiger partial charge in [-0.1, -0.05) is 24.3 Å². The van der Waals surface area contributed by atoms with Gasteiger partial charge in [-0.3, -0.25) is 14.5 Å². The van der Waals surface area contributed by atoms with Gasteiger partial charge in [-0.15, -0.1) is 0 Å². The molecule has 0 saturated heterocycles. The maximum atomic E-state index is 12.6. The van der Waals surface area contributed by atoms with E-state index in [1.807, 2.05) is 17.0 Å². The Labute approximate surface area is 159 Å². The van der Waals surface area contributed by atoms with Crippen LogP contribution in [0.15, 0.2) is 48.5 Å². The number of hydrogen-bond acceptors (Lipinski definition) is 4. The summed E-state index contributed by atoms with van der Waals surface area (Å²) in [4.78, 5) is 28.4. The van der Waals surface area contributed by atoms with Gasteiger partial charge in [0.2, 0.25) is 11.8 Å². The standard InChI is InChI=1S/C21H25N3O3/c1-23(14-20(25)22-18-7-9-19(27-2)10-8-18)15-21(26)24-12-11-16-5-3-4-6-17(16)13-24/h3-10H,11-15H2,1-2H3,(H,22,25). The predicted octanol–water partition coefficient (Wildman–Crippen LogP) is 2.15. The lowest BCUT2D eigenvalue weighted by molar-refractivity contribution is -0.133. The monoisotopic (exact) mass is 367 g/mol. The van der Waals surface area contributed by atoms with Gasteiger partial charge >= 0.3 is 0 Å². The number of carbonyl (C=O) groups excluding carboxylic acids is 2. The number of fused-ring (bicyclic) bond motifs is 1. The fourth-order valence-corrected chi connectivity index (χ4v) is 3.22. The van der Waals surface area contributed by atoms with Crippen molar-refractivity contribution < 1.29 is 14.3 Å². The molecule has 0 unspecified atom stereocenters. The molecule has 0 atom stereocenters. The van der Waals surface area contributed by atoms with Crippen LogP contribution in [0.2, 0.25) is 0 Å². The van der Waals surface area contributed by atoms with E-state index in [1.165, 1.54) is 11.1 Å². The van der Waals surface area contributed by atoms with Crippen LogP contribution in [0.1, 0.15) is 11.1 Å². The number of ether oxygens (including phenoxy) is 1. The number of benzene rings is 2. The van der Waals surface area contributed by atoms with Crippen LogP contribution in [0.25, 0.3) is 0 Å². The minimum Gasteiger partial charge on any atom is -0.497 e. The van der Waals surface area contributed by atoms with Crippen LogP contribution in [0.3, 0.4) is 0 Å². The molecule has 2 aromatic carbocycles. The number of hydrogen-bond donors (Lipinski definition) is 1. The van der Waals surface area contributed by atoms with Gasteiger partial charge in [0.25, 0.3) is 0 Å². The molecule has 0 fully saturated rings. The van der Waals surface area contributed by atoms with Gasteiger partial charge in [-0.05, 0) is 48.9 Å². The van der Waals surface area contributed by atoms with E-state index in [0.717, 1.165) is 18.7 Å². The molecule has 3 rings (SSSR count). The molecule has 0 spiro atoms. The summed E-state index contributed by atoms with van der Waals surface area (Å²) in [6.45, 7) is 1.74. The third-order valence-corrected chi connectivity index (χ3v) is 4.68. The Kier molecular flexibility index (Phi) is 6.08. The Bertz CT molecular complexity index is 805. The molecule has 6 heteroatoms. The van der Waals surface area contributed by atoms with Crippen LogP contribution in [0.5, 0.6) is 5.75 Å². The van der Waals surface area contributed by atoms with E-state index in [-0.39, 0.29) is 24.9 Å². The summed E-state index contributed by atoms with van der Waals surface area (Å²) in [5.41, 5.74) is 3.22. The zero-order valence-electron chi connectivity index (χ0n) is 15.8. The van der Waals surface area contributed by atoms with Gasteiger partial charge in [0, 0.05) is 18.8 Å². The van der Waals surface area contributed by atoms with Gasteiger partial charge in [0.1, 0.15) is 5.75 Å². The molecule has 2 aromatic rings. The second kappa shape index (κ2) is 8.68. The zero-order chi connectivity index (χ0) is 19.2. The molecule has 1 aliphatic rings. The highest BCUT2D eigenvalue weighted by Crippen LogP contribution is 2.18. The second-order valence-electron chi connectivity index (χ2n) is 6.78. The van der Waals surface area contributed by atoms with Crippen LogP contribution in [0, 0.1) is 0 Å². The summed E-state index contributed by atoms with van der Waals surface area (Å²) >= 11 is 0. The van der Waals surface area contributed by atoms with Crippen LogP contribution >= 0.6 is 0 Å². The maximum absolute atomic E-state index is 12.6. The lowest BCUT2D eigenvalue weighted by atomic mass is 10.00. The van der Waals surface area contributed by atoms with Crippen LogP contribution in [-0.2, 0) is 22.6 Å². The number of nitrogens with one attached hydrogen (secondary N) is 1. The molecule has 1 aliphatic heterocycles. The van der Waals surface area contributed by atoms with Crippen molar-refractivity contribution in [2.45, 2.75) is 13.0 Å². The van der Waals surface area contributed by atoms with Crippen molar-refractivity contribution in [2.24, 2.45) is 0 Å². The molecule has 6 nitrogen and oxygen atoms in total. The van der Waals surface area contributed by atoms with E-state index < -0.39 is 0 Å². The number of methoxy groups -OCH3 is 1. The predicted molar refractivity (Wildman–Crippen MR) is 105 cm³/mol. The van der Waals surface area contributed by atoms with E-state index in [1.54, 1.807) is 43.3 Å². The molecule has 0 bridgehead atoms. The normalized spacial score (nSPS) is 13.2. The second-order valence-corrected chi connectivity index (χ2v) is 6.78. The van der Waals surface area contributed by atoms with Crippen molar-refractivity contribution in [1.29, 1.82) is 0 Å². The minimum absolute atomic E-state index is 0.0456. The Morgan fingerprint density at radius 2 is 1.78 bits per heavy atom. The van der Waals surface area contributed by atoms with Crippen LogP contribution < -0.4 is 10.1 Å².